The average Bonchev–Trinajstić information content (AvgIpc) is 2.73. The third kappa shape index (κ3) is 12.5. The highest BCUT2D eigenvalue weighted by Crippen LogP contribution is 2.06. The Morgan fingerprint density at radius 3 is 1.97 bits per heavy atom. The van der Waals surface area contributed by atoms with Crippen LogP contribution in [0.15, 0.2) is 0 Å². The van der Waals surface area contributed by atoms with Crippen molar-refractivity contribution in [1.29, 1.82) is 0 Å². The number of carboxylic acid groups (broad SMARTS) is 2. The Kier molecular flexibility index (Phi) is 15.1. The monoisotopic (exact) mass is 477 g/mol. The number of thioether (sulfide) groups is 1. The summed E-state index contributed by atoms with van der Waals surface area (Å²) >= 11 is 1.45. The van der Waals surface area contributed by atoms with Gasteiger partial charge >= 0.3 is 11.9 Å². The van der Waals surface area contributed by atoms with E-state index in [1.54, 1.807) is 0 Å². The van der Waals surface area contributed by atoms with Crippen LogP contribution in [0, 0.1) is 0 Å². The smallest absolute Gasteiger partial charge is 0.325 e. The number of nitrogens with two attached hydrogens (primary N) is 2. The first-order valence-electron chi connectivity index (χ1n) is 10.3. The Morgan fingerprint density at radius 1 is 0.875 bits per heavy atom. The quantitative estimate of drug-likeness (QED) is 0.122. The van der Waals surface area contributed by atoms with Gasteiger partial charge in [-0.2, -0.15) is 11.8 Å². The molecule has 184 valence electrons. The molecule has 0 aliphatic heterocycles. The van der Waals surface area contributed by atoms with Crippen LogP contribution in [0.4, 0.5) is 0 Å². The summed E-state index contributed by atoms with van der Waals surface area (Å²) in [7, 11) is 0. The van der Waals surface area contributed by atoms with Gasteiger partial charge in [0.2, 0.25) is 17.7 Å². The molecule has 0 radical (unpaired) electrons. The van der Waals surface area contributed by atoms with Crippen molar-refractivity contribution in [3.63, 3.8) is 0 Å². The van der Waals surface area contributed by atoms with Crippen LogP contribution in [0.5, 0.6) is 0 Å². The van der Waals surface area contributed by atoms with Crippen LogP contribution < -0.4 is 27.4 Å². The molecule has 0 aliphatic carbocycles. The Balaban J connectivity index is 5.27. The highest BCUT2D eigenvalue weighted by atomic mass is 32.2. The van der Waals surface area contributed by atoms with Crippen LogP contribution in [0.1, 0.15) is 45.4 Å². The zero-order valence-corrected chi connectivity index (χ0v) is 19.3. The SMILES string of the molecule is CSCCC(NC(=O)C(N)CCCCN)C(=O)NC(CCC(=O)O)C(=O)NC(C)C(=O)O. The molecule has 4 atom stereocenters. The maximum atomic E-state index is 12.8. The molecule has 0 aliphatic rings. The van der Waals surface area contributed by atoms with Crippen LogP contribution in [0.3, 0.4) is 0 Å². The highest BCUT2D eigenvalue weighted by molar-refractivity contribution is 7.98. The molecule has 0 saturated heterocycles. The predicted octanol–water partition coefficient (Wildman–Crippen LogP) is -1.38. The second kappa shape index (κ2) is 16.3. The summed E-state index contributed by atoms with van der Waals surface area (Å²) in [5.41, 5.74) is 11.3. The van der Waals surface area contributed by atoms with E-state index < -0.39 is 60.2 Å². The van der Waals surface area contributed by atoms with Crippen molar-refractivity contribution in [3.05, 3.63) is 0 Å². The van der Waals surface area contributed by atoms with Crippen LogP contribution in [-0.2, 0) is 24.0 Å². The Labute approximate surface area is 191 Å². The fourth-order valence-electron chi connectivity index (χ4n) is 2.61. The molecule has 9 N–H and O–H groups in total. The lowest BCUT2D eigenvalue weighted by molar-refractivity contribution is -0.142. The number of carbonyl (C=O) groups excluding carboxylic acids is 3. The molecular weight excluding hydrogens is 442 g/mol. The minimum atomic E-state index is -1.28. The number of rotatable bonds is 17. The Bertz CT molecular complexity index is 650. The largest absolute Gasteiger partial charge is 0.481 e. The molecular formula is C19H35N5O7S. The first kappa shape index (κ1) is 29.6. The lowest BCUT2D eigenvalue weighted by Crippen LogP contribution is -2.57. The lowest BCUT2D eigenvalue weighted by Gasteiger charge is -2.24. The van der Waals surface area contributed by atoms with Crippen LogP contribution in [-0.4, -0.2) is 82.6 Å². The normalized spacial score (nSPS) is 14.5. The Morgan fingerprint density at radius 2 is 1.44 bits per heavy atom. The number of amides is 3. The van der Waals surface area contributed by atoms with Crippen molar-refractivity contribution in [3.8, 4) is 0 Å². The van der Waals surface area contributed by atoms with Gasteiger partial charge in [0.05, 0.1) is 6.04 Å². The molecule has 0 aromatic heterocycles. The van der Waals surface area contributed by atoms with E-state index in [9.17, 15) is 24.0 Å². The van der Waals surface area contributed by atoms with Gasteiger partial charge in [-0.05, 0) is 51.2 Å². The summed E-state index contributed by atoms with van der Waals surface area (Å²) in [5.74, 6) is -3.97. The fraction of sp³-hybridized carbons (Fsp3) is 0.737. The maximum absolute atomic E-state index is 12.8. The van der Waals surface area contributed by atoms with E-state index in [-0.39, 0.29) is 12.8 Å². The molecule has 0 saturated carbocycles. The van der Waals surface area contributed by atoms with Gasteiger partial charge in [0.25, 0.3) is 0 Å². The van der Waals surface area contributed by atoms with Crippen molar-refractivity contribution in [1.82, 2.24) is 16.0 Å². The minimum Gasteiger partial charge on any atom is -0.481 e. The molecule has 0 bridgehead atoms. The molecule has 0 spiro atoms. The van der Waals surface area contributed by atoms with Crippen molar-refractivity contribution >= 4 is 41.4 Å². The standard InChI is InChI=1S/C19H35N5O7S/c1-11(19(30)31)22-17(28)13(6-7-15(25)26)24-18(29)14(8-10-32-2)23-16(27)12(21)5-3-4-9-20/h11-14H,3-10,20-21H2,1-2H3,(H,22,28)(H,23,27)(H,24,29)(H,25,26)(H,30,31). The van der Waals surface area contributed by atoms with Crippen molar-refractivity contribution in [2.24, 2.45) is 11.5 Å². The van der Waals surface area contributed by atoms with E-state index in [0.29, 0.717) is 31.6 Å². The van der Waals surface area contributed by atoms with E-state index in [0.717, 1.165) is 0 Å². The van der Waals surface area contributed by atoms with Crippen LogP contribution >= 0.6 is 11.8 Å². The zero-order valence-electron chi connectivity index (χ0n) is 18.5. The summed E-state index contributed by atoms with van der Waals surface area (Å²) in [5, 5.41) is 25.1. The molecule has 0 heterocycles. The highest BCUT2D eigenvalue weighted by Gasteiger charge is 2.29. The topological polar surface area (TPSA) is 214 Å². The third-order valence-electron chi connectivity index (χ3n) is 4.56. The lowest BCUT2D eigenvalue weighted by atomic mass is 10.1. The number of unbranched alkanes of at least 4 members (excludes halogenated alkanes) is 1. The number of nitrogens with one attached hydrogen (secondary N) is 3. The van der Waals surface area contributed by atoms with Gasteiger partial charge < -0.3 is 37.6 Å². The van der Waals surface area contributed by atoms with Crippen molar-refractivity contribution in [2.75, 3.05) is 18.6 Å². The third-order valence-corrected chi connectivity index (χ3v) is 5.20. The number of hydrogen-bond acceptors (Lipinski definition) is 8. The second-order valence-corrected chi connectivity index (χ2v) is 8.28. The average molecular weight is 478 g/mol. The van der Waals surface area contributed by atoms with E-state index in [2.05, 4.69) is 16.0 Å². The summed E-state index contributed by atoms with van der Waals surface area (Å²) in [6.45, 7) is 1.72. The minimum absolute atomic E-state index is 0.249. The first-order chi connectivity index (χ1) is 15.0. The maximum Gasteiger partial charge on any atom is 0.325 e. The number of hydrogen-bond donors (Lipinski definition) is 7. The summed E-state index contributed by atoms with van der Waals surface area (Å²) in [6.07, 6.45) is 3.18. The van der Waals surface area contributed by atoms with Gasteiger partial charge in [-0.3, -0.25) is 24.0 Å². The zero-order chi connectivity index (χ0) is 24.7. The molecule has 4 unspecified atom stereocenters. The Hall–Kier alpha value is -2.38. The molecule has 13 heteroatoms. The van der Waals surface area contributed by atoms with Crippen LogP contribution in [0.2, 0.25) is 0 Å². The van der Waals surface area contributed by atoms with Gasteiger partial charge in [0, 0.05) is 6.42 Å². The molecule has 12 nitrogen and oxygen atoms in total. The van der Waals surface area contributed by atoms with Gasteiger partial charge in [-0.1, -0.05) is 6.42 Å². The summed E-state index contributed by atoms with van der Waals surface area (Å²) < 4.78 is 0. The molecule has 32 heavy (non-hydrogen) atoms. The van der Waals surface area contributed by atoms with Gasteiger partial charge in [0.15, 0.2) is 0 Å². The number of carboxylic acids is 2. The fourth-order valence-corrected chi connectivity index (χ4v) is 3.08. The van der Waals surface area contributed by atoms with E-state index >= 15 is 0 Å². The van der Waals surface area contributed by atoms with E-state index in [1.807, 2.05) is 6.26 Å². The van der Waals surface area contributed by atoms with E-state index in [4.69, 9.17) is 21.7 Å². The summed E-state index contributed by atoms with van der Waals surface area (Å²) in [4.78, 5) is 59.5. The van der Waals surface area contributed by atoms with Crippen LogP contribution in [0.25, 0.3) is 0 Å². The molecule has 0 fully saturated rings. The number of aliphatic carboxylic acids is 2. The number of carbonyl (C=O) groups is 5. The van der Waals surface area contributed by atoms with Crippen molar-refractivity contribution in [2.45, 2.75) is 69.6 Å². The molecule has 0 rings (SSSR count). The van der Waals surface area contributed by atoms with Gasteiger partial charge in [0.1, 0.15) is 18.1 Å². The van der Waals surface area contributed by atoms with E-state index in [1.165, 1.54) is 18.7 Å². The second-order valence-electron chi connectivity index (χ2n) is 7.30. The molecule has 0 aromatic rings. The molecule has 3 amide bonds. The summed E-state index contributed by atoms with van der Waals surface area (Å²) in [6, 6.07) is -4.33. The molecule has 0 aromatic carbocycles. The predicted molar refractivity (Wildman–Crippen MR) is 120 cm³/mol. The van der Waals surface area contributed by atoms with Gasteiger partial charge in [-0.25, -0.2) is 0 Å². The van der Waals surface area contributed by atoms with Crippen molar-refractivity contribution < 1.29 is 34.2 Å². The van der Waals surface area contributed by atoms with Gasteiger partial charge in [-0.15, -0.1) is 0 Å². The first-order valence-corrected chi connectivity index (χ1v) is 11.7.